The van der Waals surface area contributed by atoms with Gasteiger partial charge in [-0.3, -0.25) is 4.90 Å². The van der Waals surface area contributed by atoms with Crippen molar-refractivity contribution in [3.8, 4) is 0 Å². The Balaban J connectivity index is 0.000000956. The van der Waals surface area contributed by atoms with Crippen molar-refractivity contribution in [2.45, 2.75) is 26.9 Å². The number of benzene rings is 1. The predicted molar refractivity (Wildman–Crippen MR) is 83.2 cm³/mol. The summed E-state index contributed by atoms with van der Waals surface area (Å²) in [5.41, 5.74) is 2.50. The molecule has 1 saturated heterocycles. The van der Waals surface area contributed by atoms with E-state index >= 15 is 0 Å². The number of anilines is 1. The van der Waals surface area contributed by atoms with E-state index in [1.54, 1.807) is 0 Å². The van der Waals surface area contributed by atoms with E-state index in [0.29, 0.717) is 6.54 Å². The molecule has 1 unspecified atom stereocenters. The fourth-order valence-corrected chi connectivity index (χ4v) is 2.28. The molecule has 0 aliphatic carbocycles. The Hall–Kier alpha value is -1.13. The zero-order valence-corrected chi connectivity index (χ0v) is 12.8. The maximum Gasteiger partial charge on any atom is 0.136 e. The van der Waals surface area contributed by atoms with Crippen LogP contribution in [0.4, 0.5) is 10.1 Å². The van der Waals surface area contributed by atoms with Crippen molar-refractivity contribution in [1.82, 2.24) is 4.90 Å². The molecule has 4 heteroatoms. The molecule has 2 rings (SSSR count). The minimum absolute atomic E-state index is 0.345. The Kier molecular flexibility index (Phi) is 7.55. The number of rotatable bonds is 4. The van der Waals surface area contributed by atoms with E-state index in [9.17, 15) is 4.39 Å². The molecular weight excluding hydrogens is 255 g/mol. The highest BCUT2D eigenvalue weighted by Gasteiger charge is 2.19. The number of alkyl halides is 1. The zero-order valence-electron chi connectivity index (χ0n) is 12.8. The number of hydrogen-bond donors (Lipinski definition) is 1. The maximum absolute atomic E-state index is 13.1. The van der Waals surface area contributed by atoms with Gasteiger partial charge in [0, 0.05) is 38.4 Å². The largest absolute Gasteiger partial charge is 0.393 e. The third-order valence-electron chi connectivity index (χ3n) is 3.43. The Morgan fingerprint density at radius 2 is 1.65 bits per heavy atom. The van der Waals surface area contributed by atoms with Crippen molar-refractivity contribution < 1.29 is 9.50 Å². The number of piperazine rings is 1. The second kappa shape index (κ2) is 8.93. The van der Waals surface area contributed by atoms with E-state index in [1.807, 2.05) is 13.8 Å². The van der Waals surface area contributed by atoms with Crippen LogP contribution in [0.25, 0.3) is 0 Å². The van der Waals surface area contributed by atoms with Crippen molar-refractivity contribution in [3.63, 3.8) is 0 Å². The third-order valence-corrected chi connectivity index (χ3v) is 3.43. The average molecular weight is 282 g/mol. The van der Waals surface area contributed by atoms with Gasteiger partial charge in [0.1, 0.15) is 6.17 Å². The summed E-state index contributed by atoms with van der Waals surface area (Å²) in [5, 5.41) is 8.71. The van der Waals surface area contributed by atoms with Crippen LogP contribution < -0.4 is 4.90 Å². The van der Waals surface area contributed by atoms with Gasteiger partial charge in [0.2, 0.25) is 0 Å². The van der Waals surface area contributed by atoms with Crippen molar-refractivity contribution in [3.05, 3.63) is 29.8 Å². The summed E-state index contributed by atoms with van der Waals surface area (Å²) in [6.07, 6.45) is -1.11. The maximum atomic E-state index is 13.1. The van der Waals surface area contributed by atoms with Gasteiger partial charge in [-0.15, -0.1) is 0 Å². The van der Waals surface area contributed by atoms with Crippen LogP contribution in [0.3, 0.4) is 0 Å². The Morgan fingerprint density at radius 1 is 1.10 bits per heavy atom. The van der Waals surface area contributed by atoms with Gasteiger partial charge in [-0.05, 0) is 19.1 Å². The molecule has 1 aliphatic heterocycles. The average Bonchev–Trinajstić information content (AvgIpc) is 2.51. The lowest BCUT2D eigenvalue weighted by atomic mass is 10.2. The molecule has 1 aromatic rings. The molecule has 0 amide bonds. The highest BCUT2D eigenvalue weighted by atomic mass is 19.1. The minimum Gasteiger partial charge on any atom is -0.393 e. The molecule has 0 radical (unpaired) electrons. The Labute approximate surface area is 122 Å². The first-order valence-corrected chi connectivity index (χ1v) is 7.48. The molecule has 20 heavy (non-hydrogen) atoms. The minimum atomic E-state index is -1.11. The highest BCUT2D eigenvalue weighted by Crippen LogP contribution is 2.17. The van der Waals surface area contributed by atoms with Crippen molar-refractivity contribution in [2.75, 3.05) is 44.2 Å². The third kappa shape index (κ3) is 5.10. The lowest BCUT2D eigenvalue weighted by Crippen LogP contribution is -2.48. The Morgan fingerprint density at radius 3 is 2.15 bits per heavy atom. The number of nitrogens with zero attached hydrogens (tertiary/aromatic N) is 2. The van der Waals surface area contributed by atoms with Crippen LogP contribution in [0, 0.1) is 6.92 Å². The number of aliphatic hydroxyl groups excluding tert-OH is 1. The second-order valence-electron chi connectivity index (χ2n) is 4.90. The summed E-state index contributed by atoms with van der Waals surface area (Å²) in [5.74, 6) is 0. The Bertz CT molecular complexity index is 361. The molecule has 0 bridgehead atoms. The summed E-state index contributed by atoms with van der Waals surface area (Å²) >= 11 is 0. The topological polar surface area (TPSA) is 26.7 Å². The normalized spacial score (nSPS) is 17.4. The number of halogens is 1. The van der Waals surface area contributed by atoms with E-state index in [0.717, 1.165) is 26.2 Å². The van der Waals surface area contributed by atoms with Crippen molar-refractivity contribution in [2.24, 2.45) is 0 Å². The molecule has 0 saturated carbocycles. The van der Waals surface area contributed by atoms with Crippen LogP contribution in [0.5, 0.6) is 0 Å². The first-order chi connectivity index (χ1) is 9.69. The van der Waals surface area contributed by atoms with E-state index in [1.165, 1.54) is 11.3 Å². The standard InChI is InChI=1S/C14H21FN2O.C2H6/c1-12-2-4-14(5-3-12)17-8-6-16(7-9-17)10-13(15)11-18;1-2/h2-5,13,18H,6-11H2,1H3;1-2H3. The molecule has 0 aromatic heterocycles. The van der Waals surface area contributed by atoms with Gasteiger partial charge in [0.25, 0.3) is 0 Å². The summed E-state index contributed by atoms with van der Waals surface area (Å²) in [6, 6.07) is 8.50. The monoisotopic (exact) mass is 282 g/mol. The van der Waals surface area contributed by atoms with Crippen LogP contribution >= 0.6 is 0 Å². The fraction of sp³-hybridized carbons (Fsp3) is 0.625. The predicted octanol–water partition coefficient (Wildman–Crippen LogP) is 2.47. The molecule has 114 valence electrons. The summed E-state index contributed by atoms with van der Waals surface area (Å²) in [4.78, 5) is 4.40. The second-order valence-corrected chi connectivity index (χ2v) is 4.90. The van der Waals surface area contributed by atoms with Crippen LogP contribution in [0.2, 0.25) is 0 Å². The summed E-state index contributed by atoms with van der Waals surface area (Å²) < 4.78 is 13.1. The van der Waals surface area contributed by atoms with E-state index < -0.39 is 6.17 Å². The number of aliphatic hydroxyl groups is 1. The molecule has 1 aromatic carbocycles. The molecule has 1 fully saturated rings. The van der Waals surface area contributed by atoms with Crippen molar-refractivity contribution in [1.29, 1.82) is 0 Å². The molecule has 1 heterocycles. The van der Waals surface area contributed by atoms with Gasteiger partial charge in [-0.2, -0.15) is 0 Å². The first-order valence-electron chi connectivity index (χ1n) is 7.48. The lowest BCUT2D eigenvalue weighted by Gasteiger charge is -2.36. The van der Waals surface area contributed by atoms with Gasteiger partial charge >= 0.3 is 0 Å². The summed E-state index contributed by atoms with van der Waals surface area (Å²) in [6.45, 7) is 9.60. The lowest BCUT2D eigenvalue weighted by molar-refractivity contribution is 0.123. The SMILES string of the molecule is CC.Cc1ccc(N2CCN(CC(F)CO)CC2)cc1. The summed E-state index contributed by atoms with van der Waals surface area (Å²) in [7, 11) is 0. The van der Waals surface area contributed by atoms with Gasteiger partial charge in [0.15, 0.2) is 0 Å². The van der Waals surface area contributed by atoms with Crippen LogP contribution in [0.1, 0.15) is 19.4 Å². The van der Waals surface area contributed by atoms with Crippen LogP contribution in [-0.4, -0.2) is 55.5 Å². The van der Waals surface area contributed by atoms with Crippen LogP contribution in [-0.2, 0) is 0 Å². The van der Waals surface area contributed by atoms with Crippen molar-refractivity contribution >= 4 is 5.69 Å². The number of aryl methyl sites for hydroxylation is 1. The van der Waals surface area contributed by atoms with E-state index in [2.05, 4.69) is 41.0 Å². The van der Waals surface area contributed by atoms with Gasteiger partial charge in [-0.1, -0.05) is 31.5 Å². The molecule has 3 nitrogen and oxygen atoms in total. The van der Waals surface area contributed by atoms with Crippen LogP contribution in [0.15, 0.2) is 24.3 Å². The molecule has 1 N–H and O–H groups in total. The smallest absolute Gasteiger partial charge is 0.136 e. The van der Waals surface area contributed by atoms with Gasteiger partial charge in [0.05, 0.1) is 6.61 Å². The van der Waals surface area contributed by atoms with E-state index in [-0.39, 0.29) is 6.61 Å². The molecule has 0 spiro atoms. The fourth-order valence-electron chi connectivity index (χ4n) is 2.28. The zero-order chi connectivity index (χ0) is 15.0. The van der Waals surface area contributed by atoms with Gasteiger partial charge < -0.3 is 10.0 Å². The van der Waals surface area contributed by atoms with E-state index in [4.69, 9.17) is 5.11 Å². The van der Waals surface area contributed by atoms with Gasteiger partial charge in [-0.25, -0.2) is 4.39 Å². The molecular formula is C16H27FN2O. The highest BCUT2D eigenvalue weighted by molar-refractivity contribution is 5.47. The first kappa shape index (κ1) is 16.9. The number of hydrogen-bond acceptors (Lipinski definition) is 3. The molecule has 1 aliphatic rings. The molecule has 1 atom stereocenters. The quantitative estimate of drug-likeness (QED) is 0.919.